The van der Waals surface area contributed by atoms with E-state index in [0.29, 0.717) is 5.82 Å². The number of aromatic nitrogens is 1. The lowest BCUT2D eigenvalue weighted by atomic mass is 10.1. The van der Waals surface area contributed by atoms with Gasteiger partial charge in [0.2, 0.25) is 5.91 Å². The van der Waals surface area contributed by atoms with E-state index in [1.165, 1.54) is 11.6 Å². The predicted octanol–water partition coefficient (Wildman–Crippen LogP) is 3.04. The Morgan fingerprint density at radius 2 is 1.94 bits per heavy atom. The Morgan fingerprint density at radius 3 is 2.61 bits per heavy atom. The lowest BCUT2D eigenvalue weighted by Crippen LogP contribution is -2.08. The fourth-order valence-corrected chi connectivity index (χ4v) is 1.45. The van der Waals surface area contributed by atoms with E-state index in [0.717, 1.165) is 5.56 Å². The first-order valence-electron chi connectivity index (χ1n) is 5.71. The molecular weight excluding hydrogens is 224 g/mol. The third-order valence-electron chi connectivity index (χ3n) is 2.42. The van der Waals surface area contributed by atoms with E-state index in [2.05, 4.69) is 10.3 Å². The van der Waals surface area contributed by atoms with Gasteiger partial charge < -0.3 is 5.32 Å². The van der Waals surface area contributed by atoms with E-state index < -0.39 is 0 Å². The van der Waals surface area contributed by atoms with Gasteiger partial charge in [0.05, 0.1) is 0 Å². The molecule has 0 radical (unpaired) electrons. The molecule has 0 saturated heterocycles. The van der Waals surface area contributed by atoms with Crippen molar-refractivity contribution in [3.8, 4) is 0 Å². The zero-order chi connectivity index (χ0) is 12.8. The molecule has 0 aliphatic carbocycles. The lowest BCUT2D eigenvalue weighted by molar-refractivity contribution is -0.111. The summed E-state index contributed by atoms with van der Waals surface area (Å²) in [5, 5.41) is 2.69. The first kappa shape index (κ1) is 12.0. The van der Waals surface area contributed by atoms with Crippen molar-refractivity contribution in [1.82, 2.24) is 4.98 Å². The first-order valence-corrected chi connectivity index (χ1v) is 5.71. The van der Waals surface area contributed by atoms with Crippen molar-refractivity contribution in [3.63, 3.8) is 0 Å². The summed E-state index contributed by atoms with van der Waals surface area (Å²) in [6.45, 7) is 2.03. The Bertz CT molecular complexity index is 544. The van der Waals surface area contributed by atoms with Crippen LogP contribution in [0.25, 0.3) is 6.08 Å². The number of nitrogens with zero attached hydrogens (tertiary/aromatic N) is 1. The lowest BCUT2D eigenvalue weighted by Gasteiger charge is -1.99. The summed E-state index contributed by atoms with van der Waals surface area (Å²) in [7, 11) is 0. The van der Waals surface area contributed by atoms with Crippen molar-refractivity contribution in [2.24, 2.45) is 0 Å². The minimum absolute atomic E-state index is 0.186. The normalized spacial score (nSPS) is 10.5. The van der Waals surface area contributed by atoms with Crippen molar-refractivity contribution < 1.29 is 4.79 Å². The van der Waals surface area contributed by atoms with Crippen LogP contribution in [0.5, 0.6) is 0 Å². The molecule has 2 aromatic rings. The standard InChI is InChI=1S/C15H14N2O/c1-12-5-7-13(8-6-12)9-10-15(18)17-14-4-2-3-11-16-14/h2-11H,1H3,(H,16,17,18)/b10-9+. The van der Waals surface area contributed by atoms with Gasteiger partial charge in [0, 0.05) is 12.3 Å². The van der Waals surface area contributed by atoms with Gasteiger partial charge >= 0.3 is 0 Å². The number of aryl methyl sites for hydroxylation is 1. The van der Waals surface area contributed by atoms with Gasteiger partial charge in [-0.2, -0.15) is 0 Å². The number of carbonyl (C=O) groups excluding carboxylic acids is 1. The fraction of sp³-hybridized carbons (Fsp3) is 0.0667. The number of hydrogen-bond acceptors (Lipinski definition) is 2. The number of anilines is 1. The van der Waals surface area contributed by atoms with Crippen LogP contribution in [-0.4, -0.2) is 10.9 Å². The molecule has 0 atom stereocenters. The summed E-state index contributed by atoms with van der Waals surface area (Å²) in [5.41, 5.74) is 2.20. The largest absolute Gasteiger partial charge is 0.307 e. The van der Waals surface area contributed by atoms with Crippen molar-refractivity contribution in [2.75, 3.05) is 5.32 Å². The van der Waals surface area contributed by atoms with Crippen molar-refractivity contribution in [1.29, 1.82) is 0 Å². The second-order valence-corrected chi connectivity index (χ2v) is 3.95. The highest BCUT2D eigenvalue weighted by molar-refractivity contribution is 6.01. The molecule has 1 heterocycles. The number of carbonyl (C=O) groups is 1. The van der Waals surface area contributed by atoms with Gasteiger partial charge in [-0.1, -0.05) is 35.9 Å². The highest BCUT2D eigenvalue weighted by Gasteiger charge is 1.97. The van der Waals surface area contributed by atoms with Gasteiger partial charge in [0.25, 0.3) is 0 Å². The van der Waals surface area contributed by atoms with E-state index >= 15 is 0 Å². The number of hydrogen-bond donors (Lipinski definition) is 1. The molecule has 0 fully saturated rings. The summed E-state index contributed by atoms with van der Waals surface area (Å²) in [4.78, 5) is 15.6. The maximum Gasteiger partial charge on any atom is 0.249 e. The summed E-state index contributed by atoms with van der Waals surface area (Å²) in [5.74, 6) is 0.366. The highest BCUT2D eigenvalue weighted by Crippen LogP contribution is 2.05. The molecule has 1 N–H and O–H groups in total. The average Bonchev–Trinajstić information content (AvgIpc) is 2.39. The maximum atomic E-state index is 11.6. The Kier molecular flexibility index (Phi) is 3.86. The number of benzene rings is 1. The van der Waals surface area contributed by atoms with Gasteiger partial charge in [-0.25, -0.2) is 4.98 Å². The second-order valence-electron chi connectivity index (χ2n) is 3.95. The molecule has 0 aliphatic rings. The van der Waals surface area contributed by atoms with Crippen LogP contribution in [0.4, 0.5) is 5.82 Å². The van der Waals surface area contributed by atoms with Gasteiger partial charge in [-0.3, -0.25) is 4.79 Å². The molecule has 3 nitrogen and oxygen atoms in total. The predicted molar refractivity (Wildman–Crippen MR) is 73.1 cm³/mol. The quantitative estimate of drug-likeness (QED) is 0.835. The average molecular weight is 238 g/mol. The molecular formula is C15H14N2O. The van der Waals surface area contributed by atoms with Crippen molar-refractivity contribution in [2.45, 2.75) is 6.92 Å². The molecule has 0 spiro atoms. The molecule has 0 saturated carbocycles. The van der Waals surface area contributed by atoms with Crippen molar-refractivity contribution >= 4 is 17.8 Å². The summed E-state index contributed by atoms with van der Waals surface area (Å²) in [6.07, 6.45) is 4.91. The van der Waals surface area contributed by atoms with Crippen LogP contribution in [0.2, 0.25) is 0 Å². The number of nitrogens with one attached hydrogen (secondary N) is 1. The third kappa shape index (κ3) is 3.56. The van der Waals surface area contributed by atoms with E-state index in [1.807, 2.05) is 37.3 Å². The summed E-state index contributed by atoms with van der Waals surface area (Å²) >= 11 is 0. The molecule has 2 rings (SSSR count). The van der Waals surface area contributed by atoms with E-state index in [-0.39, 0.29) is 5.91 Å². The zero-order valence-electron chi connectivity index (χ0n) is 10.1. The molecule has 0 aliphatic heterocycles. The van der Waals surface area contributed by atoms with Crippen LogP contribution in [-0.2, 0) is 4.79 Å². The number of amides is 1. The zero-order valence-corrected chi connectivity index (χ0v) is 10.1. The van der Waals surface area contributed by atoms with E-state index in [9.17, 15) is 4.79 Å². The maximum absolute atomic E-state index is 11.6. The van der Waals surface area contributed by atoms with Crippen LogP contribution in [0.3, 0.4) is 0 Å². The topological polar surface area (TPSA) is 42.0 Å². The molecule has 0 unspecified atom stereocenters. The van der Waals surface area contributed by atoms with Gasteiger partial charge in [0.15, 0.2) is 0 Å². The Hall–Kier alpha value is -2.42. The molecule has 1 amide bonds. The van der Waals surface area contributed by atoms with Crippen LogP contribution in [0.1, 0.15) is 11.1 Å². The summed E-state index contributed by atoms with van der Waals surface area (Å²) in [6, 6.07) is 13.3. The molecule has 3 heteroatoms. The molecule has 0 bridgehead atoms. The SMILES string of the molecule is Cc1ccc(/C=C/C(=O)Nc2ccccn2)cc1. The fourth-order valence-electron chi connectivity index (χ4n) is 1.45. The Balaban J connectivity index is 1.97. The van der Waals surface area contributed by atoms with Crippen LogP contribution >= 0.6 is 0 Å². The smallest absolute Gasteiger partial charge is 0.249 e. The third-order valence-corrected chi connectivity index (χ3v) is 2.42. The van der Waals surface area contributed by atoms with E-state index in [4.69, 9.17) is 0 Å². The number of pyridine rings is 1. The molecule has 90 valence electrons. The Morgan fingerprint density at radius 1 is 1.17 bits per heavy atom. The van der Waals surface area contributed by atoms with Gasteiger partial charge in [-0.05, 0) is 30.7 Å². The molecule has 18 heavy (non-hydrogen) atoms. The van der Waals surface area contributed by atoms with E-state index in [1.54, 1.807) is 24.4 Å². The summed E-state index contributed by atoms with van der Waals surface area (Å²) < 4.78 is 0. The molecule has 1 aromatic heterocycles. The van der Waals surface area contributed by atoms with Gasteiger partial charge in [0.1, 0.15) is 5.82 Å². The van der Waals surface area contributed by atoms with Crippen LogP contribution in [0, 0.1) is 6.92 Å². The molecule has 1 aromatic carbocycles. The Labute approximate surface area is 106 Å². The first-order chi connectivity index (χ1) is 8.74. The van der Waals surface area contributed by atoms with Crippen molar-refractivity contribution in [3.05, 3.63) is 65.9 Å². The minimum Gasteiger partial charge on any atom is -0.307 e. The number of rotatable bonds is 3. The monoisotopic (exact) mass is 238 g/mol. The second kappa shape index (κ2) is 5.77. The van der Waals surface area contributed by atoms with Crippen LogP contribution < -0.4 is 5.32 Å². The highest BCUT2D eigenvalue weighted by atomic mass is 16.1. The minimum atomic E-state index is -0.186. The van der Waals surface area contributed by atoms with Crippen LogP contribution in [0.15, 0.2) is 54.7 Å². The van der Waals surface area contributed by atoms with Gasteiger partial charge in [-0.15, -0.1) is 0 Å².